The van der Waals surface area contributed by atoms with E-state index in [-0.39, 0.29) is 6.54 Å². The van der Waals surface area contributed by atoms with Crippen LogP contribution in [0.3, 0.4) is 0 Å². The Balaban J connectivity index is 2.36. The number of hydrogen-bond donors (Lipinski definition) is 1. The Morgan fingerprint density at radius 1 is 1.32 bits per heavy atom. The van der Waals surface area contributed by atoms with E-state index >= 15 is 0 Å². The molecule has 1 heterocycles. The smallest absolute Gasteiger partial charge is 0.410 e. The molecule has 0 fully saturated rings. The molecule has 0 bridgehead atoms. The molecule has 1 amide bonds. The number of hydrogen-bond acceptors (Lipinski definition) is 6. The standard InChI is InChI=1S/C18H26BrN3O5S/c1-11(27-28(6,24)25)10-22(17(23)26-18(3,4)5)12(2)16-14-8-7-13(19)9-15(14)20-21-16/h7-9,11-12H,10H2,1-6H3,(H,20,21)/t11-,12?/m0/s1. The molecule has 156 valence electrons. The molecule has 0 saturated heterocycles. The molecule has 0 spiro atoms. The molecule has 0 aliphatic carbocycles. The quantitative estimate of drug-likeness (QED) is 0.633. The van der Waals surface area contributed by atoms with Gasteiger partial charge < -0.3 is 4.74 Å². The summed E-state index contributed by atoms with van der Waals surface area (Å²) in [7, 11) is -3.65. The lowest BCUT2D eigenvalue weighted by Crippen LogP contribution is -2.43. The Hall–Kier alpha value is -1.65. The Bertz CT molecular complexity index is 952. The van der Waals surface area contributed by atoms with Crippen LogP contribution in [0.5, 0.6) is 0 Å². The summed E-state index contributed by atoms with van der Waals surface area (Å²) in [5, 5.41) is 8.18. The SMILES string of the molecule is CC(c1n[nH]c2cc(Br)ccc12)N(C[C@H](C)OS(C)(=O)=O)C(=O)OC(C)(C)C. The summed E-state index contributed by atoms with van der Waals surface area (Å²) in [5.41, 5.74) is 0.773. The molecule has 8 nitrogen and oxygen atoms in total. The number of ether oxygens (including phenoxy) is 1. The van der Waals surface area contributed by atoms with Crippen LogP contribution in [0.4, 0.5) is 4.79 Å². The molecule has 2 aromatic rings. The van der Waals surface area contributed by atoms with Crippen molar-refractivity contribution in [3.05, 3.63) is 28.4 Å². The zero-order chi connectivity index (χ0) is 21.3. The summed E-state index contributed by atoms with van der Waals surface area (Å²) < 4.78 is 34.3. The number of carbonyl (C=O) groups is 1. The largest absolute Gasteiger partial charge is 0.444 e. The zero-order valence-electron chi connectivity index (χ0n) is 16.8. The number of nitrogens with zero attached hydrogens (tertiary/aromatic N) is 2. The summed E-state index contributed by atoms with van der Waals surface area (Å²) in [6, 6.07) is 5.21. The van der Waals surface area contributed by atoms with E-state index in [1.807, 2.05) is 25.1 Å². The van der Waals surface area contributed by atoms with Gasteiger partial charge in [0.25, 0.3) is 10.1 Å². The maximum absolute atomic E-state index is 12.8. The summed E-state index contributed by atoms with van der Waals surface area (Å²) in [6.07, 6.45) is -0.342. The lowest BCUT2D eigenvalue weighted by Gasteiger charge is -2.32. The first-order valence-corrected chi connectivity index (χ1v) is 11.4. The molecular formula is C18H26BrN3O5S. The van der Waals surface area contributed by atoms with Gasteiger partial charge >= 0.3 is 6.09 Å². The van der Waals surface area contributed by atoms with E-state index in [1.54, 1.807) is 27.7 Å². The molecule has 10 heteroatoms. The van der Waals surface area contributed by atoms with Crippen LogP contribution >= 0.6 is 15.9 Å². The lowest BCUT2D eigenvalue weighted by molar-refractivity contribution is 0.00930. The summed E-state index contributed by atoms with van der Waals surface area (Å²) in [6.45, 7) is 8.73. The van der Waals surface area contributed by atoms with E-state index in [2.05, 4.69) is 26.1 Å². The molecule has 1 aromatic heterocycles. The number of aromatic amines is 1. The van der Waals surface area contributed by atoms with Gasteiger partial charge in [-0.05, 0) is 52.8 Å². The average molecular weight is 476 g/mol. The van der Waals surface area contributed by atoms with Gasteiger partial charge in [0.05, 0.1) is 36.2 Å². The van der Waals surface area contributed by atoms with E-state index in [9.17, 15) is 13.2 Å². The topological polar surface area (TPSA) is 102 Å². The van der Waals surface area contributed by atoms with Gasteiger partial charge in [0.1, 0.15) is 5.60 Å². The molecule has 1 unspecified atom stereocenters. The molecule has 0 radical (unpaired) electrons. The van der Waals surface area contributed by atoms with Crippen molar-refractivity contribution in [1.82, 2.24) is 15.1 Å². The summed E-state index contributed by atoms with van der Waals surface area (Å²) >= 11 is 3.42. The molecule has 2 rings (SSSR count). The van der Waals surface area contributed by atoms with Gasteiger partial charge in [-0.1, -0.05) is 15.9 Å². The van der Waals surface area contributed by atoms with Crippen LogP contribution < -0.4 is 0 Å². The van der Waals surface area contributed by atoms with Crippen LogP contribution in [0, 0.1) is 0 Å². The maximum Gasteiger partial charge on any atom is 0.410 e. The molecule has 0 saturated carbocycles. The van der Waals surface area contributed by atoms with Gasteiger partial charge in [-0.25, -0.2) is 4.79 Å². The van der Waals surface area contributed by atoms with Crippen LogP contribution in [-0.4, -0.2) is 54.1 Å². The fourth-order valence-corrected chi connectivity index (χ4v) is 3.81. The normalized spacial score (nSPS) is 14.7. The molecule has 2 atom stereocenters. The third-order valence-corrected chi connectivity index (χ3v) is 5.01. The van der Waals surface area contributed by atoms with Crippen molar-refractivity contribution in [2.75, 3.05) is 12.8 Å². The van der Waals surface area contributed by atoms with Crippen molar-refractivity contribution < 1.29 is 22.1 Å². The number of H-pyrrole nitrogens is 1. The van der Waals surface area contributed by atoms with Gasteiger partial charge in [-0.2, -0.15) is 13.5 Å². The van der Waals surface area contributed by atoms with E-state index in [1.165, 1.54) is 4.90 Å². The second-order valence-corrected chi connectivity index (χ2v) is 10.2. The van der Waals surface area contributed by atoms with E-state index in [0.29, 0.717) is 5.69 Å². The van der Waals surface area contributed by atoms with Gasteiger partial charge in [-0.15, -0.1) is 0 Å². The highest BCUT2D eigenvalue weighted by molar-refractivity contribution is 9.10. The molecule has 1 N–H and O–H groups in total. The first-order chi connectivity index (χ1) is 12.8. The van der Waals surface area contributed by atoms with Crippen LogP contribution in [-0.2, 0) is 19.0 Å². The highest BCUT2D eigenvalue weighted by Crippen LogP contribution is 2.29. The van der Waals surface area contributed by atoms with Crippen LogP contribution in [0.1, 0.15) is 46.4 Å². The molecule has 28 heavy (non-hydrogen) atoms. The van der Waals surface area contributed by atoms with Gasteiger partial charge in [-0.3, -0.25) is 14.2 Å². The Morgan fingerprint density at radius 2 is 1.96 bits per heavy atom. The van der Waals surface area contributed by atoms with Crippen molar-refractivity contribution >= 4 is 43.0 Å². The highest BCUT2D eigenvalue weighted by atomic mass is 79.9. The lowest BCUT2D eigenvalue weighted by atomic mass is 10.1. The minimum Gasteiger partial charge on any atom is -0.444 e. The number of amides is 1. The minimum atomic E-state index is -3.65. The van der Waals surface area contributed by atoms with Crippen molar-refractivity contribution in [2.24, 2.45) is 0 Å². The number of rotatable bonds is 6. The number of aromatic nitrogens is 2. The van der Waals surface area contributed by atoms with E-state index < -0.39 is 34.0 Å². The molecule has 0 aliphatic heterocycles. The van der Waals surface area contributed by atoms with Gasteiger partial charge in [0.2, 0.25) is 0 Å². The maximum atomic E-state index is 12.8. The zero-order valence-corrected chi connectivity index (χ0v) is 19.2. The predicted molar refractivity (Wildman–Crippen MR) is 111 cm³/mol. The Labute approximate surface area is 173 Å². The predicted octanol–water partition coefficient (Wildman–Crippen LogP) is 3.99. The number of halogens is 1. The monoisotopic (exact) mass is 475 g/mol. The molecule has 1 aromatic carbocycles. The van der Waals surface area contributed by atoms with Crippen molar-refractivity contribution in [3.8, 4) is 0 Å². The summed E-state index contributed by atoms with van der Waals surface area (Å²) in [5.74, 6) is 0. The van der Waals surface area contributed by atoms with E-state index in [4.69, 9.17) is 8.92 Å². The fourth-order valence-electron chi connectivity index (χ4n) is 2.80. The van der Waals surface area contributed by atoms with Crippen molar-refractivity contribution in [3.63, 3.8) is 0 Å². The Morgan fingerprint density at radius 3 is 2.54 bits per heavy atom. The Kier molecular flexibility index (Phi) is 6.78. The van der Waals surface area contributed by atoms with Gasteiger partial charge in [0, 0.05) is 9.86 Å². The first kappa shape index (κ1) is 22.6. The van der Waals surface area contributed by atoms with Gasteiger partial charge in [0.15, 0.2) is 0 Å². The third kappa shape index (κ3) is 6.18. The van der Waals surface area contributed by atoms with Crippen molar-refractivity contribution in [2.45, 2.75) is 52.4 Å². The second kappa shape index (κ2) is 8.38. The summed E-state index contributed by atoms with van der Waals surface area (Å²) in [4.78, 5) is 14.3. The fraction of sp³-hybridized carbons (Fsp3) is 0.556. The van der Waals surface area contributed by atoms with Crippen molar-refractivity contribution in [1.29, 1.82) is 0 Å². The number of carbonyl (C=O) groups excluding carboxylic acids is 1. The highest BCUT2D eigenvalue weighted by Gasteiger charge is 2.31. The van der Waals surface area contributed by atoms with E-state index in [0.717, 1.165) is 21.6 Å². The number of benzene rings is 1. The first-order valence-electron chi connectivity index (χ1n) is 8.78. The number of fused-ring (bicyclic) bond motifs is 1. The second-order valence-electron chi connectivity index (χ2n) is 7.72. The average Bonchev–Trinajstić information content (AvgIpc) is 2.91. The number of nitrogens with one attached hydrogen (secondary N) is 1. The van der Waals surface area contributed by atoms with Crippen LogP contribution in [0.15, 0.2) is 22.7 Å². The molecule has 0 aliphatic rings. The van der Waals surface area contributed by atoms with Crippen LogP contribution in [0.25, 0.3) is 10.9 Å². The molecular weight excluding hydrogens is 450 g/mol. The van der Waals surface area contributed by atoms with Crippen LogP contribution in [0.2, 0.25) is 0 Å². The minimum absolute atomic E-state index is 0.0219. The third-order valence-electron chi connectivity index (χ3n) is 3.84.